The van der Waals surface area contributed by atoms with Gasteiger partial charge in [0.25, 0.3) is 0 Å². The topological polar surface area (TPSA) is 39.9 Å². The Labute approximate surface area is 173 Å². The summed E-state index contributed by atoms with van der Waals surface area (Å²) < 4.78 is 8.08. The summed E-state index contributed by atoms with van der Waals surface area (Å²) in [6.45, 7) is 6.88. The molecule has 3 rings (SSSR count). The van der Waals surface area contributed by atoms with Gasteiger partial charge in [-0.15, -0.1) is 10.2 Å². The van der Waals surface area contributed by atoms with Crippen LogP contribution in [0.25, 0.3) is 0 Å². The second-order valence-electron chi connectivity index (χ2n) is 6.20. The van der Waals surface area contributed by atoms with Gasteiger partial charge in [0.1, 0.15) is 5.75 Å². The van der Waals surface area contributed by atoms with Crippen LogP contribution in [-0.4, -0.2) is 14.8 Å². The number of nitrogens with zero attached hydrogens (tertiary/aromatic N) is 3. The number of thioether (sulfide) groups is 1. The van der Waals surface area contributed by atoms with Crippen molar-refractivity contribution < 1.29 is 4.74 Å². The predicted octanol–water partition coefficient (Wildman–Crippen LogP) is 6.35. The van der Waals surface area contributed by atoms with Gasteiger partial charge in [0.2, 0.25) is 0 Å². The van der Waals surface area contributed by atoms with Crippen LogP contribution in [0.4, 0.5) is 0 Å². The average Bonchev–Trinajstić information content (AvgIpc) is 3.05. The lowest BCUT2D eigenvalue weighted by atomic mass is 10.2. The number of benzene rings is 2. The molecule has 1 atom stereocenters. The summed E-state index contributed by atoms with van der Waals surface area (Å²) in [5.74, 6) is 2.20. The van der Waals surface area contributed by atoms with Crippen molar-refractivity contribution in [3.05, 3.63) is 69.5 Å². The largest absolute Gasteiger partial charge is 0.481 e. The molecule has 0 aliphatic rings. The molecule has 1 heterocycles. The molecule has 27 heavy (non-hydrogen) atoms. The van der Waals surface area contributed by atoms with E-state index in [1.165, 1.54) is 11.1 Å². The Morgan fingerprint density at radius 3 is 2.67 bits per heavy atom. The molecule has 3 aromatic rings. The third-order valence-corrected chi connectivity index (χ3v) is 5.64. The second-order valence-corrected chi connectivity index (χ2v) is 7.98. The molecule has 4 nitrogen and oxygen atoms in total. The molecule has 0 saturated carbocycles. The standard InChI is InChI=1S/C20H21Cl2N3OS/c1-4-25-19(14(3)26-18-9-8-16(21)11-17(18)22)23-24-20(25)27-12-15-7-5-6-13(2)10-15/h5-11,14H,4,12H2,1-3H3. The van der Waals surface area contributed by atoms with E-state index < -0.39 is 0 Å². The normalized spacial score (nSPS) is 12.2. The fourth-order valence-corrected chi connectivity index (χ4v) is 4.17. The molecule has 0 radical (unpaired) electrons. The minimum atomic E-state index is -0.288. The molecule has 142 valence electrons. The van der Waals surface area contributed by atoms with Crippen molar-refractivity contribution in [2.24, 2.45) is 0 Å². The van der Waals surface area contributed by atoms with E-state index in [4.69, 9.17) is 27.9 Å². The van der Waals surface area contributed by atoms with Gasteiger partial charge >= 0.3 is 0 Å². The molecule has 0 aliphatic carbocycles. The van der Waals surface area contributed by atoms with Gasteiger partial charge in [0.15, 0.2) is 17.1 Å². The lowest BCUT2D eigenvalue weighted by Crippen LogP contribution is -2.12. The van der Waals surface area contributed by atoms with Crippen molar-refractivity contribution in [1.29, 1.82) is 0 Å². The lowest BCUT2D eigenvalue weighted by molar-refractivity contribution is 0.210. The first-order valence-corrected chi connectivity index (χ1v) is 10.4. The number of ether oxygens (including phenoxy) is 1. The zero-order valence-electron chi connectivity index (χ0n) is 15.4. The summed E-state index contributed by atoms with van der Waals surface area (Å²) in [5.41, 5.74) is 2.53. The molecule has 0 bridgehead atoms. The third-order valence-electron chi connectivity index (χ3n) is 4.07. The van der Waals surface area contributed by atoms with E-state index in [1.54, 1.807) is 30.0 Å². The Morgan fingerprint density at radius 1 is 1.15 bits per heavy atom. The van der Waals surface area contributed by atoms with Gasteiger partial charge < -0.3 is 9.30 Å². The third kappa shape index (κ3) is 4.98. The fraction of sp³-hybridized carbons (Fsp3) is 0.300. The van der Waals surface area contributed by atoms with Gasteiger partial charge in [-0.25, -0.2) is 0 Å². The first-order valence-electron chi connectivity index (χ1n) is 8.71. The van der Waals surface area contributed by atoms with E-state index in [0.29, 0.717) is 15.8 Å². The van der Waals surface area contributed by atoms with Crippen LogP contribution in [0.5, 0.6) is 5.75 Å². The maximum absolute atomic E-state index is 6.21. The number of hydrogen-bond donors (Lipinski definition) is 0. The highest BCUT2D eigenvalue weighted by Gasteiger charge is 2.19. The van der Waals surface area contributed by atoms with Crippen LogP contribution in [0.15, 0.2) is 47.6 Å². The fourth-order valence-electron chi connectivity index (χ4n) is 2.77. The second kappa shape index (κ2) is 9.00. The van der Waals surface area contributed by atoms with Crippen LogP contribution in [0.1, 0.15) is 36.9 Å². The van der Waals surface area contributed by atoms with Crippen LogP contribution >= 0.6 is 35.0 Å². The maximum atomic E-state index is 6.21. The molecule has 0 amide bonds. The van der Waals surface area contributed by atoms with Crippen molar-refractivity contribution in [3.8, 4) is 5.75 Å². The molecular weight excluding hydrogens is 401 g/mol. The molecule has 0 spiro atoms. The highest BCUT2D eigenvalue weighted by atomic mass is 35.5. The molecule has 2 aromatic carbocycles. The predicted molar refractivity (Wildman–Crippen MR) is 112 cm³/mol. The summed E-state index contributed by atoms with van der Waals surface area (Å²) in [4.78, 5) is 0. The number of rotatable bonds is 7. The van der Waals surface area contributed by atoms with E-state index in [1.807, 2.05) is 6.92 Å². The summed E-state index contributed by atoms with van der Waals surface area (Å²) in [6.07, 6.45) is -0.288. The van der Waals surface area contributed by atoms with Gasteiger partial charge in [-0.05, 0) is 44.5 Å². The highest BCUT2D eigenvalue weighted by Crippen LogP contribution is 2.32. The van der Waals surface area contributed by atoms with E-state index in [2.05, 4.69) is 52.9 Å². The summed E-state index contributed by atoms with van der Waals surface area (Å²) in [7, 11) is 0. The van der Waals surface area contributed by atoms with Crippen LogP contribution in [-0.2, 0) is 12.3 Å². The molecule has 7 heteroatoms. The molecule has 0 saturated heterocycles. The Kier molecular flexibility index (Phi) is 6.68. The van der Waals surface area contributed by atoms with Gasteiger partial charge in [-0.3, -0.25) is 0 Å². The summed E-state index contributed by atoms with van der Waals surface area (Å²) in [5, 5.41) is 10.7. The quantitative estimate of drug-likeness (QED) is 0.416. The van der Waals surface area contributed by atoms with Crippen LogP contribution in [0, 0.1) is 6.92 Å². The lowest BCUT2D eigenvalue weighted by Gasteiger charge is -2.16. The van der Waals surface area contributed by atoms with Gasteiger partial charge in [-0.2, -0.15) is 0 Å². The van der Waals surface area contributed by atoms with Crippen LogP contribution < -0.4 is 4.74 Å². The van der Waals surface area contributed by atoms with Gasteiger partial charge in [0, 0.05) is 17.3 Å². The van der Waals surface area contributed by atoms with Crippen molar-refractivity contribution in [3.63, 3.8) is 0 Å². The first-order chi connectivity index (χ1) is 13.0. The van der Waals surface area contributed by atoms with Crippen molar-refractivity contribution >= 4 is 35.0 Å². The van der Waals surface area contributed by atoms with Gasteiger partial charge in [0.05, 0.1) is 5.02 Å². The minimum Gasteiger partial charge on any atom is -0.481 e. The average molecular weight is 422 g/mol. The number of halogens is 2. The van der Waals surface area contributed by atoms with E-state index in [-0.39, 0.29) is 6.10 Å². The van der Waals surface area contributed by atoms with E-state index in [9.17, 15) is 0 Å². The zero-order chi connectivity index (χ0) is 19.4. The SMILES string of the molecule is CCn1c(SCc2cccc(C)c2)nnc1C(C)Oc1ccc(Cl)cc1Cl. The Balaban J connectivity index is 1.74. The van der Waals surface area contributed by atoms with Crippen LogP contribution in [0.3, 0.4) is 0 Å². The molecule has 0 N–H and O–H groups in total. The molecule has 1 unspecified atom stereocenters. The van der Waals surface area contributed by atoms with E-state index in [0.717, 1.165) is 23.3 Å². The van der Waals surface area contributed by atoms with E-state index >= 15 is 0 Å². The first kappa shape index (κ1) is 20.1. The van der Waals surface area contributed by atoms with Crippen molar-refractivity contribution in [2.75, 3.05) is 0 Å². The number of aromatic nitrogens is 3. The molecule has 0 fully saturated rings. The maximum Gasteiger partial charge on any atom is 0.191 e. The molecule has 1 aromatic heterocycles. The number of aryl methyl sites for hydroxylation is 1. The van der Waals surface area contributed by atoms with Gasteiger partial charge in [-0.1, -0.05) is 64.8 Å². The smallest absolute Gasteiger partial charge is 0.191 e. The van der Waals surface area contributed by atoms with Crippen LogP contribution in [0.2, 0.25) is 10.0 Å². The summed E-state index contributed by atoms with van der Waals surface area (Å²) >= 11 is 13.8. The molecular formula is C20H21Cl2N3OS. The summed E-state index contributed by atoms with van der Waals surface area (Å²) in [6, 6.07) is 13.7. The highest BCUT2D eigenvalue weighted by molar-refractivity contribution is 7.98. The Bertz CT molecular complexity index is 929. The Hall–Kier alpha value is -1.69. The molecule has 0 aliphatic heterocycles. The Morgan fingerprint density at radius 2 is 1.96 bits per heavy atom. The van der Waals surface area contributed by atoms with Crippen molar-refractivity contribution in [1.82, 2.24) is 14.8 Å². The monoisotopic (exact) mass is 421 g/mol. The minimum absolute atomic E-state index is 0.288. The zero-order valence-corrected chi connectivity index (χ0v) is 17.8. The van der Waals surface area contributed by atoms with Crippen molar-refractivity contribution in [2.45, 2.75) is 44.3 Å². The number of hydrogen-bond acceptors (Lipinski definition) is 4.